The Kier molecular flexibility index (Phi) is 6.88. The molecule has 0 aliphatic heterocycles. The van der Waals surface area contributed by atoms with Gasteiger partial charge in [-0.3, -0.25) is 14.5 Å². The fraction of sp³-hybridized carbons (Fsp3) is 0.316. The Bertz CT molecular complexity index is 812. The minimum absolute atomic E-state index is 0.00882. The zero-order valence-electron chi connectivity index (χ0n) is 15.3. The maximum atomic E-state index is 12.6. The van der Waals surface area contributed by atoms with Crippen molar-refractivity contribution in [2.75, 3.05) is 25.5 Å². The maximum absolute atomic E-state index is 12.6. The van der Waals surface area contributed by atoms with Gasteiger partial charge >= 0.3 is 0 Å². The molecule has 0 saturated heterocycles. The van der Waals surface area contributed by atoms with Gasteiger partial charge in [0.1, 0.15) is 5.82 Å². The first-order chi connectivity index (χ1) is 12.3. The molecule has 0 aliphatic rings. The molecule has 2 aromatic heterocycles. The Balaban J connectivity index is 1.94. The lowest BCUT2D eigenvalue weighted by Gasteiger charge is -2.15. The number of aromatic nitrogens is 2. The zero-order valence-corrected chi connectivity index (χ0v) is 16.8. The molecule has 26 heavy (non-hydrogen) atoms. The summed E-state index contributed by atoms with van der Waals surface area (Å²) in [7, 11) is 1.75. The minimum Gasteiger partial charge on any atom is -0.345 e. The average Bonchev–Trinajstić information content (AvgIpc) is 2.85. The monoisotopic (exact) mass is 418 g/mol. The fourth-order valence-corrected chi connectivity index (χ4v) is 2.99. The van der Waals surface area contributed by atoms with E-state index in [1.54, 1.807) is 36.4 Å². The molecule has 2 aromatic rings. The van der Waals surface area contributed by atoms with Crippen LogP contribution in [0.25, 0.3) is 0 Å². The van der Waals surface area contributed by atoms with E-state index in [0.29, 0.717) is 17.9 Å². The molecular weight excluding hydrogens is 396 g/mol. The number of rotatable bonds is 8. The molecule has 2 rings (SSSR count). The number of hydrogen-bond donors (Lipinski definition) is 1. The summed E-state index contributed by atoms with van der Waals surface area (Å²) in [4.78, 5) is 30.5. The number of carbonyl (C=O) groups is 2. The van der Waals surface area contributed by atoms with E-state index in [2.05, 4.69) is 32.8 Å². The molecule has 6 nitrogen and oxygen atoms in total. The van der Waals surface area contributed by atoms with Crippen molar-refractivity contribution in [3.8, 4) is 0 Å². The molecular formula is C19H23BrN4O2. The van der Waals surface area contributed by atoms with Gasteiger partial charge in [-0.2, -0.15) is 0 Å². The number of ketones is 1. The third kappa shape index (κ3) is 5.12. The van der Waals surface area contributed by atoms with Crippen LogP contribution in [0.4, 0.5) is 5.82 Å². The third-order valence-electron chi connectivity index (χ3n) is 4.01. The smallest absolute Gasteiger partial charge is 0.239 e. The number of nitrogens with zero attached hydrogens (tertiary/aromatic N) is 3. The average molecular weight is 419 g/mol. The number of pyridine rings is 1. The van der Waals surface area contributed by atoms with Crippen molar-refractivity contribution in [1.82, 2.24) is 14.5 Å². The Hall–Kier alpha value is -2.25. The summed E-state index contributed by atoms with van der Waals surface area (Å²) in [6, 6.07) is 5.40. The van der Waals surface area contributed by atoms with E-state index in [1.165, 1.54) is 0 Å². The summed E-state index contributed by atoms with van der Waals surface area (Å²) in [5, 5.41) is 2.72. The number of amides is 1. The highest BCUT2D eigenvalue weighted by molar-refractivity contribution is 9.10. The van der Waals surface area contributed by atoms with Crippen LogP contribution >= 0.6 is 15.9 Å². The minimum atomic E-state index is -0.216. The molecule has 0 unspecified atom stereocenters. The van der Waals surface area contributed by atoms with Crippen molar-refractivity contribution in [3.05, 3.63) is 58.5 Å². The molecule has 7 heteroatoms. The number of allylic oxidation sites excluding steroid dienone is 1. The highest BCUT2D eigenvalue weighted by atomic mass is 79.9. The zero-order chi connectivity index (χ0) is 19.3. The van der Waals surface area contributed by atoms with E-state index in [4.69, 9.17) is 0 Å². The van der Waals surface area contributed by atoms with Gasteiger partial charge in [0.25, 0.3) is 0 Å². The molecule has 0 aromatic carbocycles. The van der Waals surface area contributed by atoms with E-state index in [1.807, 2.05) is 24.5 Å². The molecule has 0 spiro atoms. The molecule has 138 valence electrons. The van der Waals surface area contributed by atoms with E-state index in [-0.39, 0.29) is 24.8 Å². The number of aryl methyl sites for hydroxylation is 1. The molecule has 1 N–H and O–H groups in total. The van der Waals surface area contributed by atoms with Crippen LogP contribution in [0.1, 0.15) is 21.7 Å². The lowest BCUT2D eigenvalue weighted by atomic mass is 10.1. The SMILES string of the molecule is C=CCn1c(C)cc(C(=O)CN(C)CC(=O)Nc2ccc(Br)cn2)c1C. The Morgan fingerprint density at radius 3 is 2.69 bits per heavy atom. The van der Waals surface area contributed by atoms with Crippen molar-refractivity contribution in [2.45, 2.75) is 20.4 Å². The number of likely N-dealkylation sites (N-methyl/N-ethyl adjacent to an activating group) is 1. The number of hydrogen-bond acceptors (Lipinski definition) is 4. The predicted molar refractivity (Wildman–Crippen MR) is 106 cm³/mol. The summed E-state index contributed by atoms with van der Waals surface area (Å²) in [6.45, 7) is 8.58. The Morgan fingerprint density at radius 1 is 1.35 bits per heavy atom. The molecule has 1 amide bonds. The second kappa shape index (κ2) is 8.91. The van der Waals surface area contributed by atoms with Crippen LogP contribution in [-0.2, 0) is 11.3 Å². The number of nitrogens with one attached hydrogen (secondary N) is 1. The quantitative estimate of drug-likeness (QED) is 0.527. The second-order valence-electron chi connectivity index (χ2n) is 6.19. The first-order valence-corrected chi connectivity index (χ1v) is 9.02. The van der Waals surface area contributed by atoms with E-state index < -0.39 is 0 Å². The number of carbonyl (C=O) groups excluding carboxylic acids is 2. The number of Topliss-reactive ketones (excluding diaryl/α,β-unsaturated/α-hetero) is 1. The lowest BCUT2D eigenvalue weighted by molar-refractivity contribution is -0.116. The standard InChI is InChI=1S/C19H23BrN4O2/c1-5-8-24-13(2)9-16(14(24)3)17(25)11-23(4)12-19(26)22-18-7-6-15(20)10-21-18/h5-7,9-10H,1,8,11-12H2,2-4H3,(H,21,22,26). The van der Waals surface area contributed by atoms with Crippen molar-refractivity contribution in [1.29, 1.82) is 0 Å². The maximum Gasteiger partial charge on any atom is 0.239 e. The van der Waals surface area contributed by atoms with Gasteiger partial charge in [-0.1, -0.05) is 6.08 Å². The lowest BCUT2D eigenvalue weighted by Crippen LogP contribution is -2.34. The molecule has 0 saturated carbocycles. The van der Waals surface area contributed by atoms with Crippen LogP contribution in [0.2, 0.25) is 0 Å². The largest absolute Gasteiger partial charge is 0.345 e. The summed E-state index contributed by atoms with van der Waals surface area (Å²) in [5.41, 5.74) is 2.63. The van der Waals surface area contributed by atoms with Crippen molar-refractivity contribution in [2.24, 2.45) is 0 Å². The summed E-state index contributed by atoms with van der Waals surface area (Å²) >= 11 is 3.30. The van der Waals surface area contributed by atoms with Crippen LogP contribution < -0.4 is 5.32 Å². The van der Waals surface area contributed by atoms with Gasteiger partial charge in [0.05, 0.1) is 13.1 Å². The highest BCUT2D eigenvalue weighted by Gasteiger charge is 2.18. The van der Waals surface area contributed by atoms with Crippen LogP contribution in [0.3, 0.4) is 0 Å². The molecule has 0 atom stereocenters. The van der Waals surface area contributed by atoms with Crippen molar-refractivity contribution < 1.29 is 9.59 Å². The van der Waals surface area contributed by atoms with E-state index >= 15 is 0 Å². The Morgan fingerprint density at radius 2 is 2.08 bits per heavy atom. The predicted octanol–water partition coefficient (Wildman–Crippen LogP) is 3.20. The van der Waals surface area contributed by atoms with Gasteiger partial charge in [-0.25, -0.2) is 4.98 Å². The molecule has 0 fully saturated rings. The summed E-state index contributed by atoms with van der Waals surface area (Å²) < 4.78 is 2.89. The van der Waals surface area contributed by atoms with Crippen LogP contribution in [0, 0.1) is 13.8 Å². The van der Waals surface area contributed by atoms with Crippen LogP contribution in [0.5, 0.6) is 0 Å². The summed E-state index contributed by atoms with van der Waals surface area (Å²) in [5.74, 6) is 0.253. The first-order valence-electron chi connectivity index (χ1n) is 8.22. The van der Waals surface area contributed by atoms with E-state index in [0.717, 1.165) is 15.9 Å². The van der Waals surface area contributed by atoms with Gasteiger partial charge in [0.15, 0.2) is 5.78 Å². The fourth-order valence-electron chi connectivity index (χ4n) is 2.76. The van der Waals surface area contributed by atoms with Gasteiger partial charge in [0.2, 0.25) is 5.91 Å². The van der Waals surface area contributed by atoms with Crippen LogP contribution in [-0.4, -0.2) is 46.3 Å². The highest BCUT2D eigenvalue weighted by Crippen LogP contribution is 2.16. The molecule has 0 bridgehead atoms. The van der Waals surface area contributed by atoms with Crippen LogP contribution in [0.15, 0.2) is 41.5 Å². The van der Waals surface area contributed by atoms with Crippen molar-refractivity contribution >= 4 is 33.4 Å². The third-order valence-corrected chi connectivity index (χ3v) is 4.48. The first kappa shape index (κ1) is 20.1. The van der Waals surface area contributed by atoms with Gasteiger partial charge in [-0.15, -0.1) is 6.58 Å². The normalized spacial score (nSPS) is 10.8. The van der Waals surface area contributed by atoms with Crippen molar-refractivity contribution in [3.63, 3.8) is 0 Å². The van der Waals surface area contributed by atoms with Gasteiger partial charge < -0.3 is 9.88 Å². The molecule has 0 aliphatic carbocycles. The number of anilines is 1. The Labute approximate surface area is 162 Å². The topological polar surface area (TPSA) is 67.2 Å². The summed E-state index contributed by atoms with van der Waals surface area (Å²) in [6.07, 6.45) is 3.42. The van der Waals surface area contributed by atoms with Gasteiger partial charge in [0, 0.05) is 34.2 Å². The number of halogens is 1. The molecule has 0 radical (unpaired) electrons. The van der Waals surface area contributed by atoms with E-state index in [9.17, 15) is 9.59 Å². The molecule has 2 heterocycles. The second-order valence-corrected chi connectivity index (χ2v) is 7.11. The van der Waals surface area contributed by atoms with Gasteiger partial charge in [-0.05, 0) is 55.0 Å².